The summed E-state index contributed by atoms with van der Waals surface area (Å²) in [6.45, 7) is 7.57. The van der Waals surface area contributed by atoms with Crippen LogP contribution < -0.4 is 5.32 Å². The molecule has 0 aromatic carbocycles. The Morgan fingerprint density at radius 2 is 2.13 bits per heavy atom. The van der Waals surface area contributed by atoms with Gasteiger partial charge < -0.3 is 5.32 Å². The van der Waals surface area contributed by atoms with Crippen molar-refractivity contribution >= 4 is 0 Å². The second kappa shape index (κ2) is 5.91. The van der Waals surface area contributed by atoms with Crippen molar-refractivity contribution in [3.63, 3.8) is 0 Å². The summed E-state index contributed by atoms with van der Waals surface area (Å²) in [6.07, 6.45) is 3.26. The van der Waals surface area contributed by atoms with E-state index in [1.807, 2.05) is 11.7 Å². The van der Waals surface area contributed by atoms with Crippen LogP contribution in [0.3, 0.4) is 0 Å². The highest BCUT2D eigenvalue weighted by atomic mass is 15.3. The Labute approximate surface area is 92.9 Å². The van der Waals surface area contributed by atoms with Crippen molar-refractivity contribution in [2.75, 3.05) is 6.54 Å². The Bertz CT molecular complexity index is 291. The standard InChI is InChI=1S/C12H23N3/c1-5-10(13-7-3)8-12-9-11(6-2)14-15(12)4/h9-10,13H,5-8H2,1-4H3. The average Bonchev–Trinajstić information content (AvgIpc) is 2.59. The lowest BCUT2D eigenvalue weighted by Crippen LogP contribution is -2.30. The van der Waals surface area contributed by atoms with Gasteiger partial charge in [-0.1, -0.05) is 20.8 Å². The van der Waals surface area contributed by atoms with Gasteiger partial charge in [-0.2, -0.15) is 5.10 Å². The Morgan fingerprint density at radius 3 is 2.60 bits per heavy atom. The second-order valence-electron chi connectivity index (χ2n) is 3.97. The summed E-state index contributed by atoms with van der Waals surface area (Å²) in [5.41, 5.74) is 2.53. The fourth-order valence-electron chi connectivity index (χ4n) is 1.84. The van der Waals surface area contributed by atoms with Crippen molar-refractivity contribution in [1.82, 2.24) is 15.1 Å². The first-order valence-electron chi connectivity index (χ1n) is 5.96. The highest BCUT2D eigenvalue weighted by molar-refractivity contribution is 5.11. The van der Waals surface area contributed by atoms with Crippen LogP contribution in [0, 0.1) is 0 Å². The summed E-state index contributed by atoms with van der Waals surface area (Å²) in [4.78, 5) is 0. The Kier molecular flexibility index (Phi) is 4.82. The van der Waals surface area contributed by atoms with Crippen molar-refractivity contribution in [3.8, 4) is 0 Å². The van der Waals surface area contributed by atoms with Crippen LogP contribution in [0.1, 0.15) is 38.6 Å². The molecule has 0 amide bonds. The van der Waals surface area contributed by atoms with E-state index >= 15 is 0 Å². The number of rotatable bonds is 6. The third kappa shape index (κ3) is 3.34. The zero-order chi connectivity index (χ0) is 11.3. The third-order valence-electron chi connectivity index (χ3n) is 2.83. The first kappa shape index (κ1) is 12.2. The monoisotopic (exact) mass is 209 g/mol. The number of hydrogen-bond donors (Lipinski definition) is 1. The molecule has 0 aliphatic heterocycles. The second-order valence-corrected chi connectivity index (χ2v) is 3.97. The fourth-order valence-corrected chi connectivity index (χ4v) is 1.84. The van der Waals surface area contributed by atoms with Gasteiger partial charge in [0.1, 0.15) is 0 Å². The SMILES string of the molecule is CCNC(CC)Cc1cc(CC)nn1C. The minimum absolute atomic E-state index is 0.579. The van der Waals surface area contributed by atoms with Crippen LogP contribution in [0.25, 0.3) is 0 Å². The lowest BCUT2D eigenvalue weighted by molar-refractivity contribution is 0.494. The van der Waals surface area contributed by atoms with Crippen LogP contribution in [0.15, 0.2) is 6.07 Å². The predicted molar refractivity (Wildman–Crippen MR) is 64.0 cm³/mol. The average molecular weight is 209 g/mol. The number of likely N-dealkylation sites (N-methyl/N-ethyl adjacent to an activating group) is 1. The molecule has 0 aliphatic carbocycles. The molecule has 0 radical (unpaired) electrons. The van der Waals surface area contributed by atoms with Crippen molar-refractivity contribution in [3.05, 3.63) is 17.5 Å². The molecule has 3 heteroatoms. The molecule has 1 heterocycles. The smallest absolute Gasteiger partial charge is 0.0624 e. The van der Waals surface area contributed by atoms with Crippen LogP contribution in [0.4, 0.5) is 0 Å². The predicted octanol–water partition coefficient (Wildman–Crippen LogP) is 1.91. The zero-order valence-electron chi connectivity index (χ0n) is 10.4. The van der Waals surface area contributed by atoms with Gasteiger partial charge in [0.05, 0.1) is 5.69 Å². The van der Waals surface area contributed by atoms with Gasteiger partial charge in [0.2, 0.25) is 0 Å². The molecule has 1 rings (SSSR count). The highest BCUT2D eigenvalue weighted by Gasteiger charge is 2.10. The van der Waals surface area contributed by atoms with E-state index in [0.29, 0.717) is 6.04 Å². The lowest BCUT2D eigenvalue weighted by Gasteiger charge is -2.15. The molecule has 1 atom stereocenters. The summed E-state index contributed by atoms with van der Waals surface area (Å²) in [5, 5.41) is 7.96. The molecule has 1 aromatic rings. The number of nitrogens with zero attached hydrogens (tertiary/aromatic N) is 2. The largest absolute Gasteiger partial charge is 0.314 e. The maximum atomic E-state index is 4.47. The first-order valence-corrected chi connectivity index (χ1v) is 5.96. The van der Waals surface area contributed by atoms with Crippen LogP contribution >= 0.6 is 0 Å². The van der Waals surface area contributed by atoms with E-state index in [1.165, 1.54) is 17.8 Å². The summed E-state index contributed by atoms with van der Waals surface area (Å²) < 4.78 is 2.01. The maximum Gasteiger partial charge on any atom is 0.0624 e. The van der Waals surface area contributed by atoms with Crippen molar-refractivity contribution < 1.29 is 0 Å². The molecule has 0 fully saturated rings. The molecule has 0 saturated carbocycles. The van der Waals surface area contributed by atoms with Crippen LogP contribution in [-0.4, -0.2) is 22.4 Å². The summed E-state index contributed by atoms with van der Waals surface area (Å²) in [6, 6.07) is 2.80. The summed E-state index contributed by atoms with van der Waals surface area (Å²) in [5.74, 6) is 0. The minimum atomic E-state index is 0.579. The molecular weight excluding hydrogens is 186 g/mol. The molecule has 0 aliphatic rings. The number of aryl methyl sites for hydroxylation is 2. The molecule has 3 nitrogen and oxygen atoms in total. The van der Waals surface area contributed by atoms with E-state index in [-0.39, 0.29) is 0 Å². The van der Waals surface area contributed by atoms with Gasteiger partial charge in [-0.05, 0) is 25.5 Å². The number of hydrogen-bond acceptors (Lipinski definition) is 2. The van der Waals surface area contributed by atoms with Gasteiger partial charge in [0.25, 0.3) is 0 Å². The van der Waals surface area contributed by atoms with Crippen LogP contribution in [0.5, 0.6) is 0 Å². The number of nitrogens with one attached hydrogen (secondary N) is 1. The van der Waals surface area contributed by atoms with Crippen molar-refractivity contribution in [2.24, 2.45) is 7.05 Å². The molecule has 1 unspecified atom stereocenters. The highest BCUT2D eigenvalue weighted by Crippen LogP contribution is 2.08. The van der Waals surface area contributed by atoms with Crippen LogP contribution in [0.2, 0.25) is 0 Å². The maximum absolute atomic E-state index is 4.47. The third-order valence-corrected chi connectivity index (χ3v) is 2.83. The molecule has 15 heavy (non-hydrogen) atoms. The quantitative estimate of drug-likeness (QED) is 0.775. The van der Waals surface area contributed by atoms with Crippen molar-refractivity contribution in [2.45, 2.75) is 46.1 Å². The van der Waals surface area contributed by atoms with E-state index in [4.69, 9.17) is 0 Å². The van der Waals surface area contributed by atoms with E-state index < -0.39 is 0 Å². The molecule has 86 valence electrons. The number of aromatic nitrogens is 2. The molecular formula is C12H23N3. The van der Waals surface area contributed by atoms with Gasteiger partial charge in [0, 0.05) is 25.2 Å². The van der Waals surface area contributed by atoms with Crippen molar-refractivity contribution in [1.29, 1.82) is 0 Å². The summed E-state index contributed by atoms with van der Waals surface area (Å²) in [7, 11) is 2.03. The molecule has 1 N–H and O–H groups in total. The van der Waals surface area contributed by atoms with E-state index in [1.54, 1.807) is 0 Å². The Balaban J connectivity index is 2.65. The molecule has 0 bridgehead atoms. The first-order chi connectivity index (χ1) is 7.21. The van der Waals surface area contributed by atoms with Gasteiger partial charge in [0.15, 0.2) is 0 Å². The van der Waals surface area contributed by atoms with E-state index in [9.17, 15) is 0 Å². The van der Waals surface area contributed by atoms with E-state index in [2.05, 4.69) is 37.3 Å². The topological polar surface area (TPSA) is 29.9 Å². The lowest BCUT2D eigenvalue weighted by atomic mass is 10.1. The Hall–Kier alpha value is -0.830. The normalized spacial score (nSPS) is 13.1. The van der Waals surface area contributed by atoms with Gasteiger partial charge in [-0.3, -0.25) is 4.68 Å². The minimum Gasteiger partial charge on any atom is -0.314 e. The Morgan fingerprint density at radius 1 is 1.40 bits per heavy atom. The summed E-state index contributed by atoms with van der Waals surface area (Å²) >= 11 is 0. The zero-order valence-corrected chi connectivity index (χ0v) is 10.4. The van der Waals surface area contributed by atoms with Crippen LogP contribution in [-0.2, 0) is 19.9 Å². The molecule has 1 aromatic heterocycles. The fraction of sp³-hybridized carbons (Fsp3) is 0.750. The van der Waals surface area contributed by atoms with Gasteiger partial charge in [-0.25, -0.2) is 0 Å². The van der Waals surface area contributed by atoms with E-state index in [0.717, 1.165) is 19.4 Å². The van der Waals surface area contributed by atoms with Gasteiger partial charge in [-0.15, -0.1) is 0 Å². The molecule has 0 saturated heterocycles. The van der Waals surface area contributed by atoms with Gasteiger partial charge >= 0.3 is 0 Å². The molecule has 0 spiro atoms.